The van der Waals surface area contributed by atoms with E-state index in [2.05, 4.69) is 44.0 Å². The van der Waals surface area contributed by atoms with Crippen molar-refractivity contribution in [1.29, 1.82) is 0 Å². The smallest absolute Gasteiger partial charge is 0.0727 e. The molecule has 3 rings (SSSR count). The van der Waals surface area contributed by atoms with Crippen molar-refractivity contribution >= 4 is 0 Å². The summed E-state index contributed by atoms with van der Waals surface area (Å²) < 4.78 is 1.97. The molecule has 1 aliphatic rings. The number of hydrogen-bond acceptors (Lipinski definition) is 3. The van der Waals surface area contributed by atoms with Crippen LogP contribution < -0.4 is 0 Å². The van der Waals surface area contributed by atoms with E-state index in [9.17, 15) is 5.11 Å². The van der Waals surface area contributed by atoms with Gasteiger partial charge >= 0.3 is 0 Å². The van der Waals surface area contributed by atoms with Crippen molar-refractivity contribution in [3.05, 3.63) is 47.8 Å². The molecule has 1 aromatic carbocycles. The van der Waals surface area contributed by atoms with Crippen LogP contribution in [0, 0.1) is 0 Å². The molecule has 4 nitrogen and oxygen atoms in total. The van der Waals surface area contributed by atoms with Crippen molar-refractivity contribution < 1.29 is 5.11 Å². The van der Waals surface area contributed by atoms with Gasteiger partial charge in [-0.1, -0.05) is 39.0 Å². The van der Waals surface area contributed by atoms with Gasteiger partial charge in [0.1, 0.15) is 0 Å². The van der Waals surface area contributed by atoms with Crippen LogP contribution in [0.4, 0.5) is 0 Å². The Morgan fingerprint density at radius 1 is 1.23 bits per heavy atom. The zero-order chi connectivity index (χ0) is 15.7. The molecule has 0 radical (unpaired) electrons. The Morgan fingerprint density at radius 3 is 2.55 bits per heavy atom. The highest BCUT2D eigenvalue weighted by atomic mass is 16.3. The molecule has 2 heterocycles. The van der Waals surface area contributed by atoms with Crippen LogP contribution in [-0.2, 0) is 12.0 Å². The molecule has 118 valence electrons. The van der Waals surface area contributed by atoms with Gasteiger partial charge in [-0.2, -0.15) is 5.10 Å². The van der Waals surface area contributed by atoms with Crippen molar-refractivity contribution in [3.63, 3.8) is 0 Å². The number of β-amino-alcohol motifs (C(OH)–C–C–N with tert-alkyl or cyclic N) is 1. The van der Waals surface area contributed by atoms with E-state index in [1.165, 1.54) is 5.56 Å². The highest BCUT2D eigenvalue weighted by molar-refractivity contribution is 5.34. The highest BCUT2D eigenvalue weighted by Crippen LogP contribution is 2.27. The van der Waals surface area contributed by atoms with E-state index in [4.69, 9.17) is 5.10 Å². The first-order valence-electron chi connectivity index (χ1n) is 7.98. The first-order valence-corrected chi connectivity index (χ1v) is 7.98. The number of aliphatic hydroxyl groups excluding tert-OH is 1. The van der Waals surface area contributed by atoms with Crippen molar-refractivity contribution in [3.8, 4) is 5.69 Å². The summed E-state index contributed by atoms with van der Waals surface area (Å²) in [5.74, 6) is 0. The predicted molar refractivity (Wildman–Crippen MR) is 88.2 cm³/mol. The Labute approximate surface area is 132 Å². The van der Waals surface area contributed by atoms with Crippen LogP contribution in [0.5, 0.6) is 0 Å². The molecule has 0 saturated carbocycles. The van der Waals surface area contributed by atoms with Gasteiger partial charge in [-0.05, 0) is 18.6 Å². The minimum absolute atomic E-state index is 0.00764. The number of para-hydroxylation sites is 1. The minimum Gasteiger partial charge on any atom is -0.392 e. The van der Waals surface area contributed by atoms with E-state index in [-0.39, 0.29) is 11.5 Å². The molecule has 0 bridgehead atoms. The third-order valence-corrected chi connectivity index (χ3v) is 4.16. The van der Waals surface area contributed by atoms with Crippen LogP contribution in [0.25, 0.3) is 5.69 Å². The molecule has 1 aliphatic heterocycles. The minimum atomic E-state index is -0.178. The van der Waals surface area contributed by atoms with Gasteiger partial charge in [-0.3, -0.25) is 4.90 Å². The number of aromatic nitrogens is 2. The Morgan fingerprint density at radius 2 is 1.95 bits per heavy atom. The fraction of sp³-hybridized carbons (Fsp3) is 0.500. The maximum Gasteiger partial charge on any atom is 0.0727 e. The van der Waals surface area contributed by atoms with Crippen molar-refractivity contribution in [2.45, 2.75) is 45.3 Å². The lowest BCUT2D eigenvalue weighted by atomic mass is 9.89. The predicted octanol–water partition coefficient (Wildman–Crippen LogP) is 2.74. The Bertz CT molecular complexity index is 628. The van der Waals surface area contributed by atoms with Crippen LogP contribution in [-0.4, -0.2) is 39.0 Å². The molecule has 1 atom stereocenters. The number of rotatable bonds is 3. The summed E-state index contributed by atoms with van der Waals surface area (Å²) in [7, 11) is 0. The molecule has 4 heteroatoms. The molecule has 0 aliphatic carbocycles. The Hall–Kier alpha value is -1.65. The Kier molecular flexibility index (Phi) is 4.06. The van der Waals surface area contributed by atoms with Gasteiger partial charge in [0.25, 0.3) is 0 Å². The van der Waals surface area contributed by atoms with Crippen LogP contribution in [0.2, 0.25) is 0 Å². The topological polar surface area (TPSA) is 41.3 Å². The van der Waals surface area contributed by atoms with Crippen LogP contribution in [0.3, 0.4) is 0 Å². The zero-order valence-electron chi connectivity index (χ0n) is 13.7. The average molecular weight is 299 g/mol. The van der Waals surface area contributed by atoms with Crippen molar-refractivity contribution in [2.75, 3.05) is 13.1 Å². The largest absolute Gasteiger partial charge is 0.392 e. The Balaban J connectivity index is 1.92. The van der Waals surface area contributed by atoms with Gasteiger partial charge in [-0.15, -0.1) is 0 Å². The molecule has 1 N–H and O–H groups in total. The fourth-order valence-electron chi connectivity index (χ4n) is 3.07. The standard InChI is InChI=1S/C18H25N3O/c1-18(2,3)17-14(11-20-10-9-16(22)13-20)12-21(19-17)15-7-5-4-6-8-15/h4-8,12,16,22H,9-11,13H2,1-3H3/t16-/m1/s1. The van der Waals surface area contributed by atoms with Crippen LogP contribution in [0.15, 0.2) is 36.5 Å². The molecular formula is C18H25N3O. The lowest BCUT2D eigenvalue weighted by Gasteiger charge is -2.20. The molecular weight excluding hydrogens is 274 g/mol. The molecule has 2 aromatic rings. The van der Waals surface area contributed by atoms with Crippen LogP contribution >= 0.6 is 0 Å². The van der Waals surface area contributed by atoms with E-state index in [1.54, 1.807) is 0 Å². The maximum atomic E-state index is 9.73. The summed E-state index contributed by atoms with van der Waals surface area (Å²) in [5.41, 5.74) is 3.48. The van der Waals surface area contributed by atoms with Gasteiger partial charge in [0.2, 0.25) is 0 Å². The van der Waals surface area contributed by atoms with Gasteiger partial charge in [0.05, 0.1) is 17.5 Å². The fourth-order valence-corrected chi connectivity index (χ4v) is 3.07. The second-order valence-corrected chi connectivity index (χ2v) is 7.21. The molecule has 0 spiro atoms. The monoisotopic (exact) mass is 299 g/mol. The molecule has 22 heavy (non-hydrogen) atoms. The van der Waals surface area contributed by atoms with Gasteiger partial charge in [0.15, 0.2) is 0 Å². The zero-order valence-corrected chi connectivity index (χ0v) is 13.7. The first-order chi connectivity index (χ1) is 10.4. The molecule has 1 fully saturated rings. The number of benzene rings is 1. The SMILES string of the molecule is CC(C)(C)c1nn(-c2ccccc2)cc1CN1CC[C@@H](O)C1. The quantitative estimate of drug-likeness (QED) is 0.947. The average Bonchev–Trinajstić information content (AvgIpc) is 3.06. The number of likely N-dealkylation sites (tertiary alicyclic amines) is 1. The van der Waals surface area contributed by atoms with Gasteiger partial charge < -0.3 is 5.11 Å². The lowest BCUT2D eigenvalue weighted by Crippen LogP contribution is -2.23. The van der Waals surface area contributed by atoms with Crippen molar-refractivity contribution in [2.24, 2.45) is 0 Å². The normalized spacial score (nSPS) is 19.7. The number of nitrogens with zero attached hydrogens (tertiary/aromatic N) is 3. The third kappa shape index (κ3) is 3.23. The lowest BCUT2D eigenvalue weighted by molar-refractivity contribution is 0.174. The molecule has 1 aromatic heterocycles. The first kappa shape index (κ1) is 15.3. The summed E-state index contributed by atoms with van der Waals surface area (Å²) in [4.78, 5) is 2.31. The third-order valence-electron chi connectivity index (χ3n) is 4.16. The van der Waals surface area contributed by atoms with Gasteiger partial charge in [0, 0.05) is 36.8 Å². The van der Waals surface area contributed by atoms with Crippen molar-refractivity contribution in [1.82, 2.24) is 14.7 Å². The highest BCUT2D eigenvalue weighted by Gasteiger charge is 2.26. The van der Waals surface area contributed by atoms with Crippen LogP contribution in [0.1, 0.15) is 38.4 Å². The summed E-state index contributed by atoms with van der Waals surface area (Å²) in [6, 6.07) is 10.2. The molecule has 0 unspecified atom stereocenters. The van der Waals surface area contributed by atoms with Gasteiger partial charge in [-0.25, -0.2) is 4.68 Å². The summed E-state index contributed by atoms with van der Waals surface area (Å²) in [5, 5.41) is 14.6. The molecule has 0 amide bonds. The summed E-state index contributed by atoms with van der Waals surface area (Å²) in [6.07, 6.45) is 2.83. The van der Waals surface area contributed by atoms with E-state index in [0.717, 1.165) is 37.4 Å². The second kappa shape index (κ2) is 5.86. The number of hydrogen-bond donors (Lipinski definition) is 1. The van der Waals surface area contributed by atoms with E-state index in [1.807, 2.05) is 22.9 Å². The maximum absolute atomic E-state index is 9.73. The molecule has 1 saturated heterocycles. The summed E-state index contributed by atoms with van der Waals surface area (Å²) >= 11 is 0. The number of aliphatic hydroxyl groups is 1. The van der Waals surface area contributed by atoms with E-state index in [0.29, 0.717) is 0 Å². The summed E-state index contributed by atoms with van der Waals surface area (Å²) in [6.45, 7) is 9.19. The van der Waals surface area contributed by atoms with E-state index >= 15 is 0 Å². The second-order valence-electron chi connectivity index (χ2n) is 7.21. The van der Waals surface area contributed by atoms with E-state index < -0.39 is 0 Å².